The first-order valence-corrected chi connectivity index (χ1v) is 10.6. The van der Waals surface area contributed by atoms with Crippen molar-refractivity contribution in [2.45, 2.75) is 11.8 Å². The molecule has 6 heteroatoms. The Bertz CT molecular complexity index is 1230. The first-order chi connectivity index (χ1) is 11.9. The van der Waals surface area contributed by atoms with Gasteiger partial charge in [-0.15, -0.1) is 0 Å². The van der Waals surface area contributed by atoms with Gasteiger partial charge in [0.05, 0.1) is 15.9 Å². The average Bonchev–Trinajstić information content (AvgIpc) is 2.93. The van der Waals surface area contributed by atoms with E-state index in [9.17, 15) is 8.42 Å². The van der Waals surface area contributed by atoms with Crippen LogP contribution in [0.15, 0.2) is 74.5 Å². The maximum atomic E-state index is 13.4. The first-order valence-electron chi connectivity index (χ1n) is 7.60. The maximum absolute atomic E-state index is 13.4. The van der Waals surface area contributed by atoms with E-state index in [1.54, 1.807) is 12.1 Å². The van der Waals surface area contributed by atoms with Gasteiger partial charge in [0.25, 0.3) is 10.0 Å². The monoisotopic (exact) mass is 477 g/mol. The SMILES string of the molecule is Cc1ccc(S(=O)(=O)n2c3cccc(Br)c3c3cccc(Br)c32)cc1. The zero-order valence-electron chi connectivity index (χ0n) is 13.2. The summed E-state index contributed by atoms with van der Waals surface area (Å²) >= 11 is 7.09. The third-order valence-corrected chi connectivity index (χ3v) is 7.26. The highest BCUT2D eigenvalue weighted by Gasteiger charge is 2.25. The number of para-hydroxylation sites is 1. The van der Waals surface area contributed by atoms with Gasteiger partial charge >= 0.3 is 0 Å². The van der Waals surface area contributed by atoms with Crippen molar-refractivity contribution in [3.05, 3.63) is 75.2 Å². The molecule has 25 heavy (non-hydrogen) atoms. The molecule has 126 valence electrons. The van der Waals surface area contributed by atoms with Gasteiger partial charge in [-0.25, -0.2) is 12.4 Å². The molecule has 0 unspecified atom stereocenters. The summed E-state index contributed by atoms with van der Waals surface area (Å²) < 4.78 is 29.9. The lowest BCUT2D eigenvalue weighted by molar-refractivity contribution is 0.590. The normalized spacial score (nSPS) is 12.1. The molecule has 1 heterocycles. The Morgan fingerprint density at radius 2 is 1.48 bits per heavy atom. The summed E-state index contributed by atoms with van der Waals surface area (Å²) in [4.78, 5) is 0.271. The van der Waals surface area contributed by atoms with Crippen LogP contribution in [0.2, 0.25) is 0 Å². The molecule has 3 nitrogen and oxygen atoms in total. The predicted octanol–water partition coefficient (Wildman–Crippen LogP) is 5.86. The summed E-state index contributed by atoms with van der Waals surface area (Å²) in [5, 5.41) is 1.77. The minimum absolute atomic E-state index is 0.271. The molecule has 0 aliphatic heterocycles. The Kier molecular flexibility index (Phi) is 4.02. The van der Waals surface area contributed by atoms with Gasteiger partial charge in [0.1, 0.15) is 0 Å². The Hall–Kier alpha value is -1.63. The zero-order valence-corrected chi connectivity index (χ0v) is 17.2. The first kappa shape index (κ1) is 16.8. The zero-order chi connectivity index (χ0) is 17.8. The predicted molar refractivity (Wildman–Crippen MR) is 109 cm³/mol. The van der Waals surface area contributed by atoms with Crippen LogP contribution in [0.1, 0.15) is 5.56 Å². The third kappa shape index (κ3) is 2.55. The molecule has 0 atom stereocenters. The molecular weight excluding hydrogens is 466 g/mol. The number of hydrogen-bond acceptors (Lipinski definition) is 2. The molecule has 0 bridgehead atoms. The van der Waals surface area contributed by atoms with Crippen molar-refractivity contribution in [2.75, 3.05) is 0 Å². The number of nitrogens with zero attached hydrogens (tertiary/aromatic N) is 1. The highest BCUT2D eigenvalue weighted by atomic mass is 79.9. The van der Waals surface area contributed by atoms with Gasteiger partial charge in [0, 0.05) is 19.7 Å². The van der Waals surface area contributed by atoms with Gasteiger partial charge in [-0.1, -0.05) is 51.8 Å². The number of aromatic nitrogens is 1. The van der Waals surface area contributed by atoms with E-state index in [4.69, 9.17) is 0 Å². The second kappa shape index (κ2) is 5.97. The summed E-state index contributed by atoms with van der Waals surface area (Å²) in [5.74, 6) is 0. The Balaban J connectivity index is 2.20. The van der Waals surface area contributed by atoms with Crippen LogP contribution >= 0.6 is 31.9 Å². The topological polar surface area (TPSA) is 39.1 Å². The summed E-state index contributed by atoms with van der Waals surface area (Å²) in [6.07, 6.45) is 0. The lowest BCUT2D eigenvalue weighted by atomic mass is 10.2. The van der Waals surface area contributed by atoms with E-state index in [1.807, 2.05) is 55.5 Å². The van der Waals surface area contributed by atoms with Crippen LogP contribution in [0.5, 0.6) is 0 Å². The molecule has 3 aromatic carbocycles. The second-order valence-corrected chi connectivity index (χ2v) is 9.35. The van der Waals surface area contributed by atoms with Crippen LogP contribution in [0.3, 0.4) is 0 Å². The van der Waals surface area contributed by atoms with E-state index in [2.05, 4.69) is 31.9 Å². The fourth-order valence-electron chi connectivity index (χ4n) is 3.06. The number of aryl methyl sites for hydroxylation is 1. The van der Waals surface area contributed by atoms with E-state index in [0.717, 1.165) is 25.3 Å². The van der Waals surface area contributed by atoms with Gasteiger partial charge in [0.2, 0.25) is 0 Å². The fourth-order valence-corrected chi connectivity index (χ4v) is 5.83. The molecule has 0 aliphatic rings. The highest BCUT2D eigenvalue weighted by Crippen LogP contribution is 2.39. The van der Waals surface area contributed by atoms with Crippen LogP contribution in [0.4, 0.5) is 0 Å². The van der Waals surface area contributed by atoms with Crippen molar-refractivity contribution in [2.24, 2.45) is 0 Å². The van der Waals surface area contributed by atoms with E-state index in [1.165, 1.54) is 3.97 Å². The van der Waals surface area contributed by atoms with Gasteiger partial charge < -0.3 is 0 Å². The van der Waals surface area contributed by atoms with Crippen LogP contribution in [0.25, 0.3) is 21.8 Å². The third-order valence-electron chi connectivity index (χ3n) is 4.23. The number of hydrogen-bond donors (Lipinski definition) is 0. The van der Waals surface area contributed by atoms with Crippen molar-refractivity contribution >= 4 is 63.7 Å². The molecule has 4 aromatic rings. The minimum atomic E-state index is -3.74. The van der Waals surface area contributed by atoms with Crippen molar-refractivity contribution in [3.8, 4) is 0 Å². The quantitative estimate of drug-likeness (QED) is 0.361. The van der Waals surface area contributed by atoms with Gasteiger partial charge in [-0.3, -0.25) is 0 Å². The molecule has 0 fully saturated rings. The van der Waals surface area contributed by atoms with E-state index in [0.29, 0.717) is 11.0 Å². The Morgan fingerprint density at radius 3 is 2.20 bits per heavy atom. The number of halogens is 2. The van der Waals surface area contributed by atoms with E-state index < -0.39 is 10.0 Å². The molecule has 0 saturated heterocycles. The van der Waals surface area contributed by atoms with Gasteiger partial charge in [0.15, 0.2) is 0 Å². The summed E-state index contributed by atoms with van der Waals surface area (Å²) in [6.45, 7) is 1.94. The van der Waals surface area contributed by atoms with Crippen LogP contribution in [-0.4, -0.2) is 12.4 Å². The summed E-state index contributed by atoms with van der Waals surface area (Å²) in [5.41, 5.74) is 2.31. The lowest BCUT2D eigenvalue weighted by Crippen LogP contribution is -2.13. The molecule has 0 amide bonds. The molecule has 0 aliphatic carbocycles. The lowest BCUT2D eigenvalue weighted by Gasteiger charge is -2.10. The van der Waals surface area contributed by atoms with Crippen molar-refractivity contribution in [3.63, 3.8) is 0 Å². The highest BCUT2D eigenvalue weighted by molar-refractivity contribution is 9.11. The molecule has 4 rings (SSSR count). The minimum Gasteiger partial charge on any atom is -0.232 e. The second-order valence-electron chi connectivity index (χ2n) is 5.85. The number of fused-ring (bicyclic) bond motifs is 3. The largest absolute Gasteiger partial charge is 0.268 e. The van der Waals surface area contributed by atoms with Crippen molar-refractivity contribution < 1.29 is 8.42 Å². The number of benzene rings is 3. The van der Waals surface area contributed by atoms with Crippen molar-refractivity contribution in [1.82, 2.24) is 3.97 Å². The maximum Gasteiger partial charge on any atom is 0.268 e. The van der Waals surface area contributed by atoms with Crippen LogP contribution < -0.4 is 0 Å². The van der Waals surface area contributed by atoms with Gasteiger partial charge in [-0.2, -0.15) is 0 Å². The standard InChI is InChI=1S/C19H13Br2NO2S/c1-12-8-10-13(11-9-12)25(23,24)22-17-7-3-5-15(20)18(17)14-4-2-6-16(21)19(14)22/h2-11H,1H3. The Labute approximate surface area is 162 Å². The fraction of sp³-hybridized carbons (Fsp3) is 0.0526. The number of rotatable bonds is 2. The summed E-state index contributed by atoms with van der Waals surface area (Å²) in [6, 6.07) is 18.2. The van der Waals surface area contributed by atoms with E-state index >= 15 is 0 Å². The molecule has 0 spiro atoms. The summed E-state index contributed by atoms with van der Waals surface area (Å²) in [7, 11) is -3.74. The molecule has 0 N–H and O–H groups in total. The molecule has 0 saturated carbocycles. The van der Waals surface area contributed by atoms with E-state index in [-0.39, 0.29) is 4.90 Å². The van der Waals surface area contributed by atoms with Crippen molar-refractivity contribution in [1.29, 1.82) is 0 Å². The average molecular weight is 479 g/mol. The van der Waals surface area contributed by atoms with Crippen LogP contribution in [0, 0.1) is 6.92 Å². The molecular formula is C19H13Br2NO2S. The molecule has 1 aromatic heterocycles. The van der Waals surface area contributed by atoms with Crippen LogP contribution in [-0.2, 0) is 10.0 Å². The molecule has 0 radical (unpaired) electrons. The Morgan fingerprint density at radius 1 is 0.840 bits per heavy atom. The van der Waals surface area contributed by atoms with Gasteiger partial charge in [-0.05, 0) is 53.2 Å². The smallest absolute Gasteiger partial charge is 0.232 e.